The molecule has 3 amide bonds. The van der Waals surface area contributed by atoms with Gasteiger partial charge < -0.3 is 25.8 Å². The number of carbonyl (C=O) groups is 3. The van der Waals surface area contributed by atoms with Crippen LogP contribution >= 0.6 is 0 Å². The molecule has 192 valence electrons. The number of aromatic nitrogens is 3. The second-order valence-electron chi connectivity index (χ2n) is 9.09. The third-order valence-electron chi connectivity index (χ3n) is 6.02. The first kappa shape index (κ1) is 24.3. The van der Waals surface area contributed by atoms with Crippen LogP contribution in [0.4, 0.5) is 11.4 Å². The Hall–Kier alpha value is -5.39. The summed E-state index contributed by atoms with van der Waals surface area (Å²) in [7, 11) is 0. The second kappa shape index (κ2) is 9.24. The van der Waals surface area contributed by atoms with Crippen molar-refractivity contribution in [3.8, 4) is 17.3 Å². The lowest BCUT2D eigenvalue weighted by Gasteiger charge is -2.28. The number of aromatic hydroxyl groups is 1. The Morgan fingerprint density at radius 1 is 0.947 bits per heavy atom. The van der Waals surface area contributed by atoms with Crippen LogP contribution in [-0.4, -0.2) is 42.9 Å². The van der Waals surface area contributed by atoms with Crippen LogP contribution in [0.3, 0.4) is 0 Å². The second-order valence-corrected chi connectivity index (χ2v) is 9.09. The molecule has 0 saturated heterocycles. The van der Waals surface area contributed by atoms with E-state index >= 15 is 0 Å². The summed E-state index contributed by atoms with van der Waals surface area (Å²) in [5, 5.41) is 26.9. The Labute approximate surface area is 214 Å². The molecule has 0 radical (unpaired) electrons. The highest BCUT2D eigenvalue weighted by molar-refractivity contribution is 6.04. The highest BCUT2D eigenvalue weighted by Crippen LogP contribution is 2.30. The van der Waals surface area contributed by atoms with E-state index in [9.17, 15) is 29.4 Å². The standard InChI is InChI=1S/C26H22N6O6/c1-26(11-21(35)32-22(36)12-26)25(38)28-16-6-7-17-18(10-16)30-23(29-17)13-2-4-15(5-3-13)27-24(37)14-8-19(33)31-20(34)9-14/h2-11,35H,12H2,1H3,(H,27,37)(H,28,38)(H,29,30)(H,32,36)(H2,31,33,34). The molecule has 1 unspecified atom stereocenters. The van der Waals surface area contributed by atoms with Crippen molar-refractivity contribution < 1.29 is 24.6 Å². The summed E-state index contributed by atoms with van der Waals surface area (Å²) in [6, 6.07) is 14.2. The van der Waals surface area contributed by atoms with Crippen molar-refractivity contribution in [1.82, 2.24) is 20.3 Å². The number of nitrogens with zero attached hydrogens (tertiary/aromatic N) is 1. The maximum Gasteiger partial charge on any atom is 0.256 e. The van der Waals surface area contributed by atoms with E-state index in [2.05, 4.69) is 30.9 Å². The Balaban J connectivity index is 1.31. The number of aliphatic hydroxyl groups excluding tert-OH is 1. The molecule has 7 N–H and O–H groups in total. The maximum absolute atomic E-state index is 12.8. The summed E-state index contributed by atoms with van der Waals surface area (Å²) in [6.45, 7) is 1.57. The average Bonchev–Trinajstić information content (AvgIpc) is 3.26. The van der Waals surface area contributed by atoms with Crippen molar-refractivity contribution in [3.05, 3.63) is 82.5 Å². The smallest absolute Gasteiger partial charge is 0.256 e. The van der Waals surface area contributed by atoms with Gasteiger partial charge in [-0.25, -0.2) is 4.98 Å². The number of fused-ring (bicyclic) bond motifs is 1. The Bertz CT molecular complexity index is 1690. The molecule has 0 spiro atoms. The van der Waals surface area contributed by atoms with Gasteiger partial charge in [-0.3, -0.25) is 29.5 Å². The van der Waals surface area contributed by atoms with Crippen LogP contribution in [-0.2, 0) is 9.59 Å². The van der Waals surface area contributed by atoms with Crippen LogP contribution in [0.15, 0.2) is 71.4 Å². The highest BCUT2D eigenvalue weighted by Gasteiger charge is 2.37. The molecule has 1 aliphatic heterocycles. The average molecular weight is 514 g/mol. The SMILES string of the molecule is CC1(C(=O)Nc2ccc3nc(-c4ccc(NC(=O)c5cc(O)[nH]c(=O)c5)cc4)[nH]c3c2)C=C(O)NC(=O)C1. The summed E-state index contributed by atoms with van der Waals surface area (Å²) < 4.78 is 0. The number of H-pyrrole nitrogens is 2. The minimum Gasteiger partial charge on any atom is -0.495 e. The minimum atomic E-state index is -1.20. The lowest BCUT2D eigenvalue weighted by atomic mass is 9.83. The summed E-state index contributed by atoms with van der Waals surface area (Å²) in [4.78, 5) is 58.4. The van der Waals surface area contributed by atoms with E-state index in [1.165, 1.54) is 6.08 Å². The Morgan fingerprint density at radius 2 is 1.68 bits per heavy atom. The number of amides is 3. The molecular weight excluding hydrogens is 492 g/mol. The van der Waals surface area contributed by atoms with Crippen molar-refractivity contribution in [2.45, 2.75) is 13.3 Å². The van der Waals surface area contributed by atoms with Gasteiger partial charge in [0.25, 0.3) is 11.5 Å². The molecular formula is C26H22N6O6. The number of carbonyl (C=O) groups excluding carboxylic acids is 3. The third-order valence-corrected chi connectivity index (χ3v) is 6.02. The lowest BCUT2D eigenvalue weighted by molar-refractivity contribution is -0.131. The van der Waals surface area contributed by atoms with E-state index in [4.69, 9.17) is 0 Å². The number of hydrogen-bond donors (Lipinski definition) is 7. The number of pyridine rings is 1. The first-order valence-corrected chi connectivity index (χ1v) is 11.5. The topological polar surface area (TPSA) is 189 Å². The van der Waals surface area contributed by atoms with Gasteiger partial charge in [0.15, 0.2) is 11.8 Å². The zero-order valence-corrected chi connectivity index (χ0v) is 20.0. The summed E-state index contributed by atoms with van der Waals surface area (Å²) in [5.41, 5.74) is 1.24. The molecule has 2 aromatic heterocycles. The largest absolute Gasteiger partial charge is 0.495 e. The number of benzene rings is 2. The summed E-state index contributed by atoms with van der Waals surface area (Å²) in [5.74, 6) is -1.64. The normalized spacial score (nSPS) is 17.0. The van der Waals surface area contributed by atoms with E-state index in [1.807, 2.05) is 0 Å². The molecule has 0 aliphatic carbocycles. The van der Waals surface area contributed by atoms with E-state index in [1.54, 1.807) is 49.4 Å². The molecule has 1 aliphatic rings. The molecule has 12 nitrogen and oxygen atoms in total. The van der Waals surface area contributed by atoms with Gasteiger partial charge in [-0.15, -0.1) is 0 Å². The number of aliphatic hydroxyl groups is 1. The number of anilines is 2. The van der Waals surface area contributed by atoms with E-state index in [-0.39, 0.29) is 17.9 Å². The Kier molecular flexibility index (Phi) is 5.91. The molecule has 38 heavy (non-hydrogen) atoms. The maximum atomic E-state index is 12.8. The Morgan fingerprint density at radius 3 is 2.39 bits per heavy atom. The van der Waals surface area contributed by atoms with Gasteiger partial charge in [-0.1, -0.05) is 0 Å². The van der Waals surface area contributed by atoms with Gasteiger partial charge in [0.1, 0.15) is 5.82 Å². The number of nitrogens with one attached hydrogen (secondary N) is 5. The number of rotatable bonds is 5. The predicted molar refractivity (Wildman–Crippen MR) is 138 cm³/mol. The van der Waals surface area contributed by atoms with E-state index in [0.717, 1.165) is 17.7 Å². The molecule has 1 atom stereocenters. The fraction of sp³-hybridized carbons (Fsp3) is 0.115. The molecule has 2 aromatic carbocycles. The zero-order chi connectivity index (χ0) is 27.0. The highest BCUT2D eigenvalue weighted by atomic mass is 16.3. The van der Waals surface area contributed by atoms with Crippen molar-refractivity contribution in [1.29, 1.82) is 0 Å². The fourth-order valence-corrected chi connectivity index (χ4v) is 4.13. The molecule has 12 heteroatoms. The quantitative estimate of drug-likeness (QED) is 0.213. The molecule has 5 rings (SSSR count). The zero-order valence-electron chi connectivity index (χ0n) is 20.0. The lowest BCUT2D eigenvalue weighted by Crippen LogP contribution is -2.42. The van der Waals surface area contributed by atoms with Crippen LogP contribution in [0.5, 0.6) is 5.88 Å². The van der Waals surface area contributed by atoms with Gasteiger partial charge in [-0.2, -0.15) is 0 Å². The van der Waals surface area contributed by atoms with Gasteiger partial charge in [0.2, 0.25) is 11.8 Å². The van der Waals surface area contributed by atoms with Crippen LogP contribution in [0.1, 0.15) is 23.7 Å². The number of aromatic amines is 2. The first-order valence-electron chi connectivity index (χ1n) is 11.5. The van der Waals surface area contributed by atoms with Crippen LogP contribution < -0.4 is 21.5 Å². The van der Waals surface area contributed by atoms with E-state index < -0.39 is 34.6 Å². The molecule has 0 saturated carbocycles. The number of imidazole rings is 1. The molecule has 4 aromatic rings. The fourth-order valence-electron chi connectivity index (χ4n) is 4.13. The van der Waals surface area contributed by atoms with Gasteiger partial charge in [-0.05, 0) is 55.5 Å². The van der Waals surface area contributed by atoms with Crippen molar-refractivity contribution in [2.24, 2.45) is 5.41 Å². The van der Waals surface area contributed by atoms with Crippen molar-refractivity contribution in [3.63, 3.8) is 0 Å². The predicted octanol–water partition coefficient (Wildman–Crippen LogP) is 2.74. The minimum absolute atomic E-state index is 0.0177. The van der Waals surface area contributed by atoms with Crippen LogP contribution in [0.2, 0.25) is 0 Å². The first-order chi connectivity index (χ1) is 18.1. The summed E-state index contributed by atoms with van der Waals surface area (Å²) >= 11 is 0. The van der Waals surface area contributed by atoms with Crippen molar-refractivity contribution in [2.75, 3.05) is 10.6 Å². The van der Waals surface area contributed by atoms with Gasteiger partial charge in [0, 0.05) is 35.5 Å². The molecule has 0 bridgehead atoms. The van der Waals surface area contributed by atoms with Gasteiger partial charge >= 0.3 is 0 Å². The summed E-state index contributed by atoms with van der Waals surface area (Å²) in [6.07, 6.45) is 1.22. The van der Waals surface area contributed by atoms with E-state index in [0.29, 0.717) is 28.2 Å². The third kappa shape index (κ3) is 4.95. The van der Waals surface area contributed by atoms with Crippen LogP contribution in [0.25, 0.3) is 22.4 Å². The van der Waals surface area contributed by atoms with Crippen molar-refractivity contribution >= 4 is 40.1 Å². The molecule has 3 heterocycles. The van der Waals surface area contributed by atoms with Gasteiger partial charge in [0.05, 0.1) is 22.0 Å². The number of hydrogen-bond acceptors (Lipinski definition) is 7. The molecule has 0 fully saturated rings. The van der Waals surface area contributed by atoms with Crippen LogP contribution in [0, 0.1) is 5.41 Å². The monoisotopic (exact) mass is 514 g/mol.